The maximum atomic E-state index is 13.7. The van der Waals surface area contributed by atoms with Crippen molar-refractivity contribution in [2.45, 2.75) is 0 Å². The van der Waals surface area contributed by atoms with Gasteiger partial charge in [-0.3, -0.25) is 9.59 Å². The van der Waals surface area contributed by atoms with Crippen molar-refractivity contribution in [1.82, 2.24) is 0 Å². The van der Waals surface area contributed by atoms with E-state index in [1.165, 1.54) is 18.2 Å². The molecule has 3 aromatic carbocycles. The summed E-state index contributed by atoms with van der Waals surface area (Å²) < 4.78 is 13.7. The number of halogens is 1. The number of nitrogens with zero attached hydrogens (tertiary/aromatic N) is 1. The lowest BCUT2D eigenvalue weighted by molar-refractivity contribution is -0.119. The molecule has 126 valence electrons. The molecule has 0 saturated carbocycles. The molecule has 26 heavy (non-hydrogen) atoms. The molecule has 4 rings (SSSR count). The normalized spacial score (nSPS) is 14.3. The van der Waals surface area contributed by atoms with Crippen LogP contribution in [0.1, 0.15) is 11.1 Å². The summed E-state index contributed by atoms with van der Waals surface area (Å²) in [5.74, 6) is -1.41. The van der Waals surface area contributed by atoms with E-state index < -0.39 is 17.6 Å². The van der Waals surface area contributed by atoms with Crippen LogP contribution >= 0.6 is 0 Å². The minimum Gasteiger partial charge on any atom is -0.268 e. The molecular weight excluding hydrogens is 329 g/mol. The Morgan fingerprint density at radius 3 is 1.58 bits per heavy atom. The van der Waals surface area contributed by atoms with Gasteiger partial charge >= 0.3 is 0 Å². The predicted molar refractivity (Wildman–Crippen MR) is 98.6 cm³/mol. The van der Waals surface area contributed by atoms with Gasteiger partial charge < -0.3 is 0 Å². The number of amides is 2. The van der Waals surface area contributed by atoms with Crippen molar-refractivity contribution >= 4 is 28.6 Å². The van der Waals surface area contributed by atoms with Crippen molar-refractivity contribution in [2.24, 2.45) is 0 Å². The van der Waals surface area contributed by atoms with Crippen molar-refractivity contribution in [3.8, 4) is 0 Å². The standard InChI is InChI=1S/C22H14FNO2/c23-17-12-7-13-18(14-17)24-21(25)19(15-8-3-1-4-9-15)20(22(24)26)16-10-5-2-6-11-16/h1-14H. The van der Waals surface area contributed by atoms with Gasteiger partial charge in [-0.1, -0.05) is 66.7 Å². The first-order valence-electron chi connectivity index (χ1n) is 8.16. The summed E-state index contributed by atoms with van der Waals surface area (Å²) in [6.45, 7) is 0. The predicted octanol–water partition coefficient (Wildman–Crippen LogP) is 4.31. The van der Waals surface area contributed by atoms with E-state index in [4.69, 9.17) is 0 Å². The molecule has 1 heterocycles. The SMILES string of the molecule is O=C1C(c2ccccc2)=C(c2ccccc2)C(=O)N1c1cccc(F)c1. The Balaban J connectivity index is 1.92. The third-order valence-electron chi connectivity index (χ3n) is 4.28. The van der Waals surface area contributed by atoms with E-state index in [9.17, 15) is 14.0 Å². The molecule has 0 N–H and O–H groups in total. The molecule has 1 aliphatic rings. The fourth-order valence-corrected chi connectivity index (χ4v) is 3.12. The van der Waals surface area contributed by atoms with Crippen LogP contribution in [0.3, 0.4) is 0 Å². The van der Waals surface area contributed by atoms with Crippen LogP contribution in [0.5, 0.6) is 0 Å². The summed E-state index contributed by atoms with van der Waals surface area (Å²) in [7, 11) is 0. The molecule has 0 saturated heterocycles. The van der Waals surface area contributed by atoms with Crippen LogP contribution < -0.4 is 4.90 Å². The van der Waals surface area contributed by atoms with E-state index in [0.29, 0.717) is 22.3 Å². The quantitative estimate of drug-likeness (QED) is 0.665. The van der Waals surface area contributed by atoms with Crippen molar-refractivity contribution < 1.29 is 14.0 Å². The minimum absolute atomic E-state index is 0.222. The molecule has 0 radical (unpaired) electrons. The monoisotopic (exact) mass is 343 g/mol. The molecule has 3 aromatic rings. The van der Waals surface area contributed by atoms with Gasteiger partial charge in [0.15, 0.2) is 0 Å². The maximum Gasteiger partial charge on any atom is 0.266 e. The first-order chi connectivity index (χ1) is 12.7. The van der Waals surface area contributed by atoms with Crippen LogP contribution in [0.25, 0.3) is 11.1 Å². The highest BCUT2D eigenvalue weighted by Crippen LogP contribution is 2.38. The Kier molecular flexibility index (Phi) is 3.93. The van der Waals surface area contributed by atoms with Gasteiger partial charge in [0, 0.05) is 0 Å². The molecule has 3 nitrogen and oxygen atoms in total. The van der Waals surface area contributed by atoms with Gasteiger partial charge in [0.25, 0.3) is 11.8 Å². The smallest absolute Gasteiger partial charge is 0.266 e. The van der Waals surface area contributed by atoms with Crippen molar-refractivity contribution in [1.29, 1.82) is 0 Å². The van der Waals surface area contributed by atoms with E-state index in [-0.39, 0.29) is 5.69 Å². The van der Waals surface area contributed by atoms with Gasteiger partial charge in [0.1, 0.15) is 5.82 Å². The van der Waals surface area contributed by atoms with Crippen LogP contribution in [0, 0.1) is 5.82 Å². The molecule has 0 aliphatic carbocycles. The highest BCUT2D eigenvalue weighted by Gasteiger charge is 2.40. The zero-order chi connectivity index (χ0) is 18.1. The molecule has 2 amide bonds. The van der Waals surface area contributed by atoms with Crippen molar-refractivity contribution in [3.05, 3.63) is 102 Å². The number of rotatable bonds is 3. The van der Waals surface area contributed by atoms with Crippen LogP contribution in [-0.2, 0) is 9.59 Å². The van der Waals surface area contributed by atoms with E-state index in [1.807, 2.05) is 36.4 Å². The molecule has 0 atom stereocenters. The summed E-state index contributed by atoms with van der Waals surface area (Å²) >= 11 is 0. The third kappa shape index (κ3) is 2.62. The van der Waals surface area contributed by atoms with Gasteiger partial charge in [-0.2, -0.15) is 0 Å². The number of carbonyl (C=O) groups excluding carboxylic acids is 2. The topological polar surface area (TPSA) is 37.4 Å². The van der Waals surface area contributed by atoms with Crippen LogP contribution in [-0.4, -0.2) is 11.8 Å². The number of benzene rings is 3. The Morgan fingerprint density at radius 1 is 0.615 bits per heavy atom. The lowest BCUT2D eigenvalue weighted by atomic mass is 9.96. The summed E-state index contributed by atoms with van der Waals surface area (Å²) in [6, 6.07) is 23.6. The minimum atomic E-state index is -0.502. The van der Waals surface area contributed by atoms with Crippen molar-refractivity contribution in [3.63, 3.8) is 0 Å². The average Bonchev–Trinajstić information content (AvgIpc) is 2.93. The lowest BCUT2D eigenvalue weighted by Crippen LogP contribution is -2.31. The molecule has 0 unspecified atom stereocenters. The van der Waals surface area contributed by atoms with E-state index in [2.05, 4.69) is 0 Å². The van der Waals surface area contributed by atoms with Gasteiger partial charge in [0.05, 0.1) is 16.8 Å². The molecule has 0 bridgehead atoms. The summed E-state index contributed by atoms with van der Waals surface area (Å²) in [6.07, 6.45) is 0. The molecule has 0 fully saturated rings. The largest absolute Gasteiger partial charge is 0.268 e. The van der Waals surface area contributed by atoms with Gasteiger partial charge in [0.2, 0.25) is 0 Å². The van der Waals surface area contributed by atoms with Gasteiger partial charge in [-0.15, -0.1) is 0 Å². The first-order valence-corrected chi connectivity index (χ1v) is 8.16. The Bertz CT molecular complexity index is 965. The number of carbonyl (C=O) groups is 2. The fourth-order valence-electron chi connectivity index (χ4n) is 3.12. The lowest BCUT2D eigenvalue weighted by Gasteiger charge is -2.15. The maximum absolute atomic E-state index is 13.7. The zero-order valence-electron chi connectivity index (χ0n) is 13.7. The number of hydrogen-bond donors (Lipinski definition) is 0. The zero-order valence-corrected chi connectivity index (χ0v) is 13.7. The molecule has 4 heteroatoms. The Hall–Kier alpha value is -3.53. The average molecular weight is 343 g/mol. The molecule has 1 aliphatic heterocycles. The molecular formula is C22H14FNO2. The van der Waals surface area contributed by atoms with Gasteiger partial charge in [-0.05, 0) is 29.3 Å². The second-order valence-electron chi connectivity index (χ2n) is 5.91. The number of anilines is 1. The summed E-state index contributed by atoms with van der Waals surface area (Å²) in [4.78, 5) is 27.3. The third-order valence-corrected chi connectivity index (χ3v) is 4.28. The van der Waals surface area contributed by atoms with E-state index >= 15 is 0 Å². The first kappa shape index (κ1) is 16.0. The number of hydrogen-bond acceptors (Lipinski definition) is 2. The molecule has 0 aromatic heterocycles. The molecule has 0 spiro atoms. The highest BCUT2D eigenvalue weighted by molar-refractivity contribution is 6.56. The van der Waals surface area contributed by atoms with Crippen molar-refractivity contribution in [2.75, 3.05) is 4.90 Å². The Labute approximate surface area is 150 Å². The highest BCUT2D eigenvalue weighted by atomic mass is 19.1. The number of imide groups is 1. The van der Waals surface area contributed by atoms with Gasteiger partial charge in [-0.25, -0.2) is 9.29 Å². The summed E-state index contributed by atoms with van der Waals surface area (Å²) in [5, 5.41) is 0. The fraction of sp³-hybridized carbons (Fsp3) is 0. The van der Waals surface area contributed by atoms with Crippen LogP contribution in [0.15, 0.2) is 84.9 Å². The Morgan fingerprint density at radius 2 is 1.12 bits per heavy atom. The van der Waals surface area contributed by atoms with E-state index in [1.54, 1.807) is 30.3 Å². The second kappa shape index (κ2) is 6.41. The second-order valence-corrected chi connectivity index (χ2v) is 5.91. The van der Waals surface area contributed by atoms with Crippen LogP contribution in [0.4, 0.5) is 10.1 Å². The van der Waals surface area contributed by atoms with E-state index in [0.717, 1.165) is 4.90 Å². The summed E-state index contributed by atoms with van der Waals surface area (Å²) in [5.41, 5.74) is 2.18. The van der Waals surface area contributed by atoms with Crippen LogP contribution in [0.2, 0.25) is 0 Å².